The summed E-state index contributed by atoms with van der Waals surface area (Å²) in [6.45, 7) is 1.81. The van der Waals surface area contributed by atoms with Crippen LogP contribution in [0.4, 0.5) is 11.4 Å². The SMILES string of the molecule is C[C@@H](Nc1ccc(Cl)cc1)C(=O)Nc1ccc(Br)cc1. The van der Waals surface area contributed by atoms with Crippen LogP contribution in [0.5, 0.6) is 0 Å². The molecule has 20 heavy (non-hydrogen) atoms. The zero-order chi connectivity index (χ0) is 14.5. The Bertz CT molecular complexity index is 584. The molecule has 0 aliphatic carbocycles. The van der Waals surface area contributed by atoms with Gasteiger partial charge in [0.1, 0.15) is 6.04 Å². The molecule has 0 unspecified atom stereocenters. The van der Waals surface area contributed by atoms with E-state index in [-0.39, 0.29) is 11.9 Å². The minimum absolute atomic E-state index is 0.0951. The molecule has 0 saturated heterocycles. The van der Waals surface area contributed by atoms with Gasteiger partial charge in [-0.05, 0) is 55.5 Å². The molecule has 104 valence electrons. The van der Waals surface area contributed by atoms with Gasteiger partial charge in [0.2, 0.25) is 5.91 Å². The van der Waals surface area contributed by atoms with Gasteiger partial charge in [0.25, 0.3) is 0 Å². The van der Waals surface area contributed by atoms with E-state index in [9.17, 15) is 4.79 Å². The van der Waals surface area contributed by atoms with Gasteiger partial charge in [0.05, 0.1) is 0 Å². The van der Waals surface area contributed by atoms with Gasteiger partial charge in [-0.3, -0.25) is 4.79 Å². The lowest BCUT2D eigenvalue weighted by atomic mass is 10.2. The zero-order valence-corrected chi connectivity index (χ0v) is 13.2. The van der Waals surface area contributed by atoms with Crippen LogP contribution in [-0.4, -0.2) is 11.9 Å². The third kappa shape index (κ3) is 4.25. The summed E-state index contributed by atoms with van der Waals surface area (Å²) in [4.78, 5) is 12.1. The molecule has 1 atom stereocenters. The molecule has 3 nitrogen and oxygen atoms in total. The Morgan fingerprint density at radius 3 is 2.20 bits per heavy atom. The van der Waals surface area contributed by atoms with Crippen LogP contribution in [0.2, 0.25) is 5.02 Å². The highest BCUT2D eigenvalue weighted by molar-refractivity contribution is 9.10. The molecule has 0 aliphatic heterocycles. The second-order valence-corrected chi connectivity index (χ2v) is 5.72. The van der Waals surface area contributed by atoms with Crippen molar-refractivity contribution in [3.05, 3.63) is 58.0 Å². The quantitative estimate of drug-likeness (QED) is 0.847. The van der Waals surface area contributed by atoms with Crippen molar-refractivity contribution in [1.82, 2.24) is 0 Å². The fourth-order valence-electron chi connectivity index (χ4n) is 1.65. The first-order valence-electron chi connectivity index (χ1n) is 6.13. The van der Waals surface area contributed by atoms with Crippen LogP contribution >= 0.6 is 27.5 Å². The van der Waals surface area contributed by atoms with E-state index >= 15 is 0 Å². The highest BCUT2D eigenvalue weighted by Crippen LogP contribution is 2.16. The molecule has 0 bridgehead atoms. The molecule has 0 heterocycles. The molecule has 0 fully saturated rings. The standard InChI is InChI=1S/C15H14BrClN2O/c1-10(18-13-8-4-12(17)5-9-13)15(20)19-14-6-2-11(16)3-7-14/h2-10,18H,1H3,(H,19,20)/t10-/m1/s1. The summed E-state index contributed by atoms with van der Waals surface area (Å²) in [6.07, 6.45) is 0. The summed E-state index contributed by atoms with van der Waals surface area (Å²) in [5.74, 6) is -0.0951. The minimum atomic E-state index is -0.347. The number of amides is 1. The molecule has 0 aliphatic rings. The number of halogens is 2. The number of rotatable bonds is 4. The lowest BCUT2D eigenvalue weighted by Gasteiger charge is -2.15. The van der Waals surface area contributed by atoms with E-state index in [4.69, 9.17) is 11.6 Å². The van der Waals surface area contributed by atoms with Crippen molar-refractivity contribution in [3.63, 3.8) is 0 Å². The average Bonchev–Trinajstić information content (AvgIpc) is 2.44. The van der Waals surface area contributed by atoms with Gasteiger partial charge < -0.3 is 10.6 Å². The number of carbonyl (C=O) groups excluding carboxylic acids is 1. The van der Waals surface area contributed by atoms with Crippen molar-refractivity contribution >= 4 is 44.8 Å². The summed E-state index contributed by atoms with van der Waals surface area (Å²) < 4.78 is 0.975. The maximum Gasteiger partial charge on any atom is 0.246 e. The molecule has 2 N–H and O–H groups in total. The molecule has 2 rings (SSSR count). The molecule has 0 aromatic heterocycles. The third-order valence-corrected chi connectivity index (χ3v) is 3.51. The van der Waals surface area contributed by atoms with Gasteiger partial charge >= 0.3 is 0 Å². The highest BCUT2D eigenvalue weighted by Gasteiger charge is 2.12. The molecule has 2 aromatic carbocycles. The van der Waals surface area contributed by atoms with E-state index in [1.165, 1.54) is 0 Å². The fourth-order valence-corrected chi connectivity index (χ4v) is 2.04. The Morgan fingerprint density at radius 1 is 1.05 bits per heavy atom. The smallest absolute Gasteiger partial charge is 0.246 e. The van der Waals surface area contributed by atoms with Crippen LogP contribution in [0.1, 0.15) is 6.92 Å². The van der Waals surface area contributed by atoms with Crippen LogP contribution in [0.15, 0.2) is 53.0 Å². The van der Waals surface area contributed by atoms with Crippen molar-refractivity contribution < 1.29 is 4.79 Å². The maximum absolute atomic E-state index is 12.1. The van der Waals surface area contributed by atoms with Crippen LogP contribution in [0, 0.1) is 0 Å². The summed E-state index contributed by atoms with van der Waals surface area (Å²) in [5.41, 5.74) is 1.62. The van der Waals surface area contributed by atoms with E-state index in [2.05, 4.69) is 26.6 Å². The minimum Gasteiger partial charge on any atom is -0.374 e. The Labute approximate surface area is 131 Å². The predicted octanol–water partition coefficient (Wildman–Crippen LogP) is 4.54. The first kappa shape index (κ1) is 14.9. The van der Waals surface area contributed by atoms with Gasteiger partial charge in [0.15, 0.2) is 0 Å². The molecular weight excluding hydrogens is 340 g/mol. The van der Waals surface area contributed by atoms with E-state index in [1.807, 2.05) is 43.3 Å². The van der Waals surface area contributed by atoms with Gasteiger partial charge in [-0.1, -0.05) is 27.5 Å². The first-order valence-corrected chi connectivity index (χ1v) is 7.30. The van der Waals surface area contributed by atoms with E-state index in [0.29, 0.717) is 5.02 Å². The predicted molar refractivity (Wildman–Crippen MR) is 87.3 cm³/mol. The third-order valence-electron chi connectivity index (χ3n) is 2.73. The molecule has 1 amide bonds. The van der Waals surface area contributed by atoms with Crippen LogP contribution in [-0.2, 0) is 4.79 Å². The lowest BCUT2D eigenvalue weighted by Crippen LogP contribution is -2.31. The number of nitrogens with one attached hydrogen (secondary N) is 2. The van der Waals surface area contributed by atoms with Gasteiger partial charge in [-0.25, -0.2) is 0 Å². The molecule has 0 radical (unpaired) electrons. The van der Waals surface area contributed by atoms with Gasteiger partial charge in [-0.2, -0.15) is 0 Å². The Balaban J connectivity index is 1.94. The average molecular weight is 354 g/mol. The second-order valence-electron chi connectivity index (χ2n) is 4.37. The van der Waals surface area contributed by atoms with Crippen LogP contribution in [0.3, 0.4) is 0 Å². The van der Waals surface area contributed by atoms with Crippen molar-refractivity contribution in [1.29, 1.82) is 0 Å². The van der Waals surface area contributed by atoms with Gasteiger partial charge in [0, 0.05) is 20.9 Å². The monoisotopic (exact) mass is 352 g/mol. The van der Waals surface area contributed by atoms with Crippen molar-refractivity contribution in [2.75, 3.05) is 10.6 Å². The summed E-state index contributed by atoms with van der Waals surface area (Å²) in [5, 5.41) is 6.64. The molecule has 2 aromatic rings. The summed E-state index contributed by atoms with van der Waals surface area (Å²) >= 11 is 9.17. The Kier molecular flexibility index (Phi) is 5.04. The Morgan fingerprint density at radius 2 is 1.60 bits per heavy atom. The lowest BCUT2D eigenvalue weighted by molar-refractivity contribution is -0.116. The molecular formula is C15H14BrClN2O. The fraction of sp³-hybridized carbons (Fsp3) is 0.133. The van der Waals surface area contributed by atoms with Crippen LogP contribution < -0.4 is 10.6 Å². The normalized spacial score (nSPS) is 11.8. The molecule has 0 saturated carbocycles. The number of hydrogen-bond acceptors (Lipinski definition) is 2. The first-order chi connectivity index (χ1) is 9.54. The van der Waals surface area contributed by atoms with E-state index in [1.54, 1.807) is 12.1 Å². The summed E-state index contributed by atoms with van der Waals surface area (Å²) in [7, 11) is 0. The molecule has 5 heteroatoms. The topological polar surface area (TPSA) is 41.1 Å². The second kappa shape index (κ2) is 6.77. The summed E-state index contributed by atoms with van der Waals surface area (Å²) in [6, 6.07) is 14.3. The number of anilines is 2. The van der Waals surface area contributed by atoms with E-state index < -0.39 is 0 Å². The largest absolute Gasteiger partial charge is 0.374 e. The number of benzene rings is 2. The highest BCUT2D eigenvalue weighted by atomic mass is 79.9. The zero-order valence-electron chi connectivity index (χ0n) is 10.9. The van der Waals surface area contributed by atoms with E-state index in [0.717, 1.165) is 15.8 Å². The van der Waals surface area contributed by atoms with Crippen LogP contribution in [0.25, 0.3) is 0 Å². The number of hydrogen-bond donors (Lipinski definition) is 2. The molecule has 0 spiro atoms. The van der Waals surface area contributed by atoms with Crippen molar-refractivity contribution in [3.8, 4) is 0 Å². The Hall–Kier alpha value is -1.52. The van der Waals surface area contributed by atoms with Gasteiger partial charge in [-0.15, -0.1) is 0 Å². The van der Waals surface area contributed by atoms with Crippen molar-refractivity contribution in [2.24, 2.45) is 0 Å². The van der Waals surface area contributed by atoms with Crippen molar-refractivity contribution in [2.45, 2.75) is 13.0 Å². The number of carbonyl (C=O) groups is 1. The maximum atomic E-state index is 12.1.